The Kier molecular flexibility index (Phi) is 7.86. The fourth-order valence-corrected chi connectivity index (χ4v) is 3.57. The molecule has 2 aromatic carbocycles. The summed E-state index contributed by atoms with van der Waals surface area (Å²) in [6.45, 7) is 8.49. The van der Waals surface area contributed by atoms with E-state index in [0.717, 1.165) is 41.0 Å². The highest BCUT2D eigenvalue weighted by molar-refractivity contribution is 5.70. The minimum atomic E-state index is 0.813. The highest BCUT2D eigenvalue weighted by Gasteiger charge is 2.09. The third kappa shape index (κ3) is 5.93. The molecule has 3 rings (SSSR count). The molecule has 0 saturated heterocycles. The van der Waals surface area contributed by atoms with E-state index in [1.165, 1.54) is 49.7 Å². The van der Waals surface area contributed by atoms with Crippen molar-refractivity contribution in [3.8, 4) is 22.6 Å². The Morgan fingerprint density at radius 2 is 1.48 bits per heavy atom. The number of unbranched alkanes of at least 4 members (excludes halogenated alkanes) is 5. The van der Waals surface area contributed by atoms with Crippen molar-refractivity contribution in [1.82, 2.24) is 5.16 Å². The second kappa shape index (κ2) is 10.8. The minimum Gasteiger partial charge on any atom is -0.356 e. The standard InChI is InChI=1S/C27H33NO/c1-4-6-7-8-9-10-11-22-12-14-25(15-13-22)27-20-26(28-29-27)24-18-16-23(17-19-24)21(3)5-2/h12-20H,3-11H2,1-2H3. The van der Waals surface area contributed by atoms with Crippen molar-refractivity contribution in [3.63, 3.8) is 0 Å². The molecular weight excluding hydrogens is 354 g/mol. The van der Waals surface area contributed by atoms with E-state index in [1.54, 1.807) is 0 Å². The van der Waals surface area contributed by atoms with E-state index in [2.05, 4.69) is 74.1 Å². The summed E-state index contributed by atoms with van der Waals surface area (Å²) in [4.78, 5) is 0. The van der Waals surface area contributed by atoms with Gasteiger partial charge in [0.2, 0.25) is 0 Å². The van der Waals surface area contributed by atoms with Crippen molar-refractivity contribution in [2.45, 2.75) is 65.2 Å². The Bertz CT molecular complexity index is 887. The van der Waals surface area contributed by atoms with Crippen LogP contribution in [0.2, 0.25) is 0 Å². The van der Waals surface area contributed by atoms with E-state index >= 15 is 0 Å². The third-order valence-corrected chi connectivity index (χ3v) is 5.58. The van der Waals surface area contributed by atoms with Crippen LogP contribution < -0.4 is 0 Å². The zero-order valence-corrected chi connectivity index (χ0v) is 17.9. The maximum Gasteiger partial charge on any atom is 0.167 e. The molecule has 0 aliphatic rings. The third-order valence-electron chi connectivity index (χ3n) is 5.58. The van der Waals surface area contributed by atoms with Gasteiger partial charge in [-0.1, -0.05) is 106 Å². The molecule has 0 fully saturated rings. The molecule has 0 amide bonds. The van der Waals surface area contributed by atoms with Crippen molar-refractivity contribution in [3.05, 3.63) is 72.3 Å². The number of hydrogen-bond acceptors (Lipinski definition) is 2. The topological polar surface area (TPSA) is 26.0 Å². The summed E-state index contributed by atoms with van der Waals surface area (Å²) in [6.07, 6.45) is 10.1. The van der Waals surface area contributed by atoms with Crippen molar-refractivity contribution in [1.29, 1.82) is 0 Å². The maximum atomic E-state index is 5.61. The van der Waals surface area contributed by atoms with Crippen molar-refractivity contribution in [2.24, 2.45) is 0 Å². The van der Waals surface area contributed by atoms with Crippen LogP contribution in [0.1, 0.15) is 69.9 Å². The lowest BCUT2D eigenvalue weighted by Gasteiger charge is -2.03. The monoisotopic (exact) mass is 387 g/mol. The molecule has 0 radical (unpaired) electrons. The van der Waals surface area contributed by atoms with E-state index in [1.807, 2.05) is 6.07 Å². The number of aromatic nitrogens is 1. The molecule has 0 aliphatic carbocycles. The van der Waals surface area contributed by atoms with Crippen LogP contribution in [-0.2, 0) is 6.42 Å². The van der Waals surface area contributed by atoms with Gasteiger partial charge in [0.1, 0.15) is 5.69 Å². The summed E-state index contributed by atoms with van der Waals surface area (Å²) in [5, 5.41) is 4.27. The largest absolute Gasteiger partial charge is 0.356 e. The van der Waals surface area contributed by atoms with Crippen LogP contribution in [-0.4, -0.2) is 5.16 Å². The number of nitrogens with zero attached hydrogens (tertiary/aromatic N) is 1. The van der Waals surface area contributed by atoms with Crippen LogP contribution in [0.3, 0.4) is 0 Å². The lowest BCUT2D eigenvalue weighted by atomic mass is 10.0. The molecule has 0 N–H and O–H groups in total. The Hall–Kier alpha value is -2.61. The molecule has 0 unspecified atom stereocenters. The number of hydrogen-bond donors (Lipinski definition) is 0. The molecule has 1 heterocycles. The second-order valence-corrected chi connectivity index (χ2v) is 7.83. The first-order valence-electron chi connectivity index (χ1n) is 11.1. The molecule has 2 heteroatoms. The van der Waals surface area contributed by atoms with Crippen LogP contribution in [0, 0.1) is 0 Å². The summed E-state index contributed by atoms with van der Waals surface area (Å²) in [7, 11) is 0. The zero-order chi connectivity index (χ0) is 20.5. The van der Waals surface area contributed by atoms with E-state index in [9.17, 15) is 0 Å². The van der Waals surface area contributed by atoms with Crippen LogP contribution >= 0.6 is 0 Å². The van der Waals surface area contributed by atoms with Crippen LogP contribution in [0.25, 0.3) is 28.2 Å². The van der Waals surface area contributed by atoms with Crippen LogP contribution in [0.4, 0.5) is 0 Å². The van der Waals surface area contributed by atoms with Gasteiger partial charge in [-0.15, -0.1) is 0 Å². The van der Waals surface area contributed by atoms with Crippen LogP contribution in [0.15, 0.2) is 65.7 Å². The first-order chi connectivity index (χ1) is 14.2. The molecule has 2 nitrogen and oxygen atoms in total. The molecule has 0 saturated carbocycles. The van der Waals surface area contributed by atoms with Gasteiger partial charge in [0.25, 0.3) is 0 Å². The summed E-state index contributed by atoms with van der Waals surface area (Å²) in [5.74, 6) is 0.813. The smallest absolute Gasteiger partial charge is 0.167 e. The van der Waals surface area contributed by atoms with E-state index < -0.39 is 0 Å². The fourth-order valence-electron chi connectivity index (χ4n) is 3.57. The minimum absolute atomic E-state index is 0.813. The first kappa shape index (κ1) is 21.1. The van der Waals surface area contributed by atoms with Crippen molar-refractivity contribution in [2.75, 3.05) is 0 Å². The molecule has 152 valence electrons. The Morgan fingerprint density at radius 1 is 0.828 bits per heavy atom. The molecule has 29 heavy (non-hydrogen) atoms. The van der Waals surface area contributed by atoms with Crippen molar-refractivity contribution >= 4 is 5.57 Å². The molecule has 1 aromatic heterocycles. The van der Waals surface area contributed by atoms with Gasteiger partial charge in [0.15, 0.2) is 5.76 Å². The van der Waals surface area contributed by atoms with Crippen LogP contribution in [0.5, 0.6) is 0 Å². The van der Waals surface area contributed by atoms with Gasteiger partial charge in [-0.05, 0) is 36.0 Å². The fraction of sp³-hybridized carbons (Fsp3) is 0.370. The summed E-state index contributed by atoms with van der Waals surface area (Å²) in [6, 6.07) is 19.1. The van der Waals surface area contributed by atoms with E-state index in [4.69, 9.17) is 4.52 Å². The first-order valence-corrected chi connectivity index (χ1v) is 11.1. The number of allylic oxidation sites excluding steroid dienone is 1. The van der Waals surface area contributed by atoms with Gasteiger partial charge < -0.3 is 4.52 Å². The Balaban J connectivity index is 1.58. The van der Waals surface area contributed by atoms with Crippen molar-refractivity contribution < 1.29 is 4.52 Å². The SMILES string of the molecule is C=C(CC)c1ccc(-c2cc(-c3ccc(CCCCCCCC)cc3)on2)cc1. The maximum absolute atomic E-state index is 5.61. The predicted molar refractivity (Wildman–Crippen MR) is 124 cm³/mol. The van der Waals surface area contributed by atoms with Gasteiger partial charge in [-0.3, -0.25) is 0 Å². The number of aryl methyl sites for hydroxylation is 1. The number of benzene rings is 2. The summed E-state index contributed by atoms with van der Waals surface area (Å²) < 4.78 is 5.61. The average Bonchev–Trinajstić information content (AvgIpc) is 3.26. The Morgan fingerprint density at radius 3 is 2.17 bits per heavy atom. The highest BCUT2D eigenvalue weighted by atomic mass is 16.5. The molecular formula is C27H33NO. The molecule has 0 aliphatic heterocycles. The quantitative estimate of drug-likeness (QED) is 0.309. The van der Waals surface area contributed by atoms with Gasteiger partial charge in [0.05, 0.1) is 0 Å². The highest BCUT2D eigenvalue weighted by Crippen LogP contribution is 2.27. The van der Waals surface area contributed by atoms with Gasteiger partial charge in [0, 0.05) is 17.2 Å². The summed E-state index contributed by atoms with van der Waals surface area (Å²) in [5.41, 5.74) is 6.73. The Labute approximate surface area is 175 Å². The zero-order valence-electron chi connectivity index (χ0n) is 17.9. The van der Waals surface area contributed by atoms with Gasteiger partial charge in [-0.25, -0.2) is 0 Å². The normalized spacial score (nSPS) is 11.0. The average molecular weight is 388 g/mol. The van der Waals surface area contributed by atoms with Gasteiger partial charge in [-0.2, -0.15) is 0 Å². The molecule has 0 atom stereocenters. The lowest BCUT2D eigenvalue weighted by molar-refractivity contribution is 0.435. The molecule has 0 bridgehead atoms. The second-order valence-electron chi connectivity index (χ2n) is 7.83. The summed E-state index contributed by atoms with van der Waals surface area (Å²) >= 11 is 0. The number of rotatable bonds is 11. The van der Waals surface area contributed by atoms with E-state index in [0.29, 0.717) is 0 Å². The molecule has 3 aromatic rings. The van der Waals surface area contributed by atoms with E-state index in [-0.39, 0.29) is 0 Å². The lowest BCUT2D eigenvalue weighted by Crippen LogP contribution is -1.86. The molecule has 0 spiro atoms. The predicted octanol–water partition coefficient (Wildman–Crippen LogP) is 8.33. The van der Waals surface area contributed by atoms with Gasteiger partial charge >= 0.3 is 0 Å².